The van der Waals surface area contributed by atoms with Gasteiger partial charge in [-0.25, -0.2) is 4.79 Å². The molecular formula is C13H12O2. The molecule has 0 bridgehead atoms. The van der Waals surface area contributed by atoms with Crippen LogP contribution in [0.2, 0.25) is 0 Å². The molecule has 0 saturated carbocycles. The zero-order valence-corrected chi connectivity index (χ0v) is 8.31. The minimum Gasteiger partial charge on any atom is -0.478 e. The number of rotatable bonds is 2. The van der Waals surface area contributed by atoms with Crippen molar-refractivity contribution < 1.29 is 9.90 Å². The standard InChI is InChI=1S/C13H12O2/c14-13(15)12-9-5-4-8-11(12)10-6-2-1-3-7-10/h2,4-9H,1,3H2,(H,14,15). The first kappa shape index (κ1) is 9.71. The number of aromatic carboxylic acids is 1. The fourth-order valence-corrected chi connectivity index (χ4v) is 1.73. The Morgan fingerprint density at radius 3 is 2.67 bits per heavy atom. The van der Waals surface area contributed by atoms with Gasteiger partial charge in [-0.3, -0.25) is 0 Å². The summed E-state index contributed by atoms with van der Waals surface area (Å²) in [5, 5.41) is 9.04. The van der Waals surface area contributed by atoms with Gasteiger partial charge in [-0.05, 0) is 30.0 Å². The average molecular weight is 200 g/mol. The summed E-state index contributed by atoms with van der Waals surface area (Å²) in [7, 11) is 0. The Bertz CT molecular complexity index is 442. The minimum atomic E-state index is -0.870. The zero-order valence-electron chi connectivity index (χ0n) is 8.31. The molecule has 76 valence electrons. The molecule has 2 rings (SSSR count). The molecule has 1 N–H and O–H groups in total. The number of carboxylic acids is 1. The van der Waals surface area contributed by atoms with Gasteiger partial charge in [0.25, 0.3) is 0 Å². The van der Waals surface area contributed by atoms with Crippen molar-refractivity contribution in [3.8, 4) is 0 Å². The second-order valence-electron chi connectivity index (χ2n) is 3.49. The summed E-state index contributed by atoms with van der Waals surface area (Å²) in [4.78, 5) is 11.0. The Labute approximate surface area is 88.6 Å². The van der Waals surface area contributed by atoms with E-state index in [9.17, 15) is 4.79 Å². The van der Waals surface area contributed by atoms with Gasteiger partial charge >= 0.3 is 5.97 Å². The largest absolute Gasteiger partial charge is 0.478 e. The topological polar surface area (TPSA) is 37.3 Å². The van der Waals surface area contributed by atoms with Gasteiger partial charge in [0, 0.05) is 0 Å². The molecule has 0 amide bonds. The number of hydrogen-bond donors (Lipinski definition) is 1. The molecule has 0 aliphatic heterocycles. The summed E-state index contributed by atoms with van der Waals surface area (Å²) in [5.74, 6) is -0.870. The van der Waals surface area contributed by atoms with Crippen molar-refractivity contribution in [3.63, 3.8) is 0 Å². The van der Waals surface area contributed by atoms with Crippen LogP contribution in [0.15, 0.2) is 42.5 Å². The lowest BCUT2D eigenvalue weighted by Crippen LogP contribution is -2.01. The number of benzene rings is 1. The van der Waals surface area contributed by atoms with E-state index in [-0.39, 0.29) is 0 Å². The maximum absolute atomic E-state index is 11.0. The normalized spacial score (nSPS) is 14.8. The molecule has 2 nitrogen and oxygen atoms in total. The first-order valence-corrected chi connectivity index (χ1v) is 4.98. The van der Waals surface area contributed by atoms with E-state index in [1.165, 1.54) is 0 Å². The molecule has 0 heterocycles. The Hall–Kier alpha value is -1.83. The van der Waals surface area contributed by atoms with Gasteiger partial charge in [0.1, 0.15) is 0 Å². The van der Waals surface area contributed by atoms with Gasteiger partial charge in [0.2, 0.25) is 0 Å². The molecule has 0 saturated heterocycles. The second-order valence-corrected chi connectivity index (χ2v) is 3.49. The molecule has 15 heavy (non-hydrogen) atoms. The van der Waals surface area contributed by atoms with Crippen LogP contribution in [0.3, 0.4) is 0 Å². The van der Waals surface area contributed by atoms with Gasteiger partial charge in [-0.1, -0.05) is 36.4 Å². The fraction of sp³-hybridized carbons (Fsp3) is 0.154. The van der Waals surface area contributed by atoms with Crippen molar-refractivity contribution >= 4 is 11.5 Å². The van der Waals surface area contributed by atoms with Crippen LogP contribution >= 0.6 is 0 Å². The molecule has 1 aliphatic carbocycles. The average Bonchev–Trinajstić information content (AvgIpc) is 2.30. The van der Waals surface area contributed by atoms with E-state index in [1.807, 2.05) is 18.2 Å². The number of hydrogen-bond acceptors (Lipinski definition) is 1. The highest BCUT2D eigenvalue weighted by Gasteiger charge is 2.11. The van der Waals surface area contributed by atoms with Crippen LogP contribution in [0.25, 0.3) is 5.57 Å². The first-order chi connectivity index (χ1) is 7.29. The van der Waals surface area contributed by atoms with Gasteiger partial charge < -0.3 is 5.11 Å². The summed E-state index contributed by atoms with van der Waals surface area (Å²) in [6.45, 7) is 0. The summed E-state index contributed by atoms with van der Waals surface area (Å²) in [5.41, 5.74) is 2.19. The monoisotopic (exact) mass is 200 g/mol. The third-order valence-corrected chi connectivity index (χ3v) is 2.46. The van der Waals surface area contributed by atoms with E-state index in [2.05, 4.69) is 12.2 Å². The van der Waals surface area contributed by atoms with E-state index in [1.54, 1.807) is 12.1 Å². The van der Waals surface area contributed by atoms with E-state index < -0.39 is 5.97 Å². The molecule has 0 atom stereocenters. The summed E-state index contributed by atoms with van der Waals surface area (Å²) >= 11 is 0. The molecule has 0 fully saturated rings. The van der Waals surface area contributed by atoms with Crippen molar-refractivity contribution in [1.82, 2.24) is 0 Å². The van der Waals surface area contributed by atoms with Crippen LogP contribution in [0, 0.1) is 0 Å². The van der Waals surface area contributed by atoms with Gasteiger partial charge in [-0.15, -0.1) is 0 Å². The summed E-state index contributed by atoms with van der Waals surface area (Å²) < 4.78 is 0. The molecule has 2 heteroatoms. The lowest BCUT2D eigenvalue weighted by Gasteiger charge is -2.09. The van der Waals surface area contributed by atoms with Gasteiger partial charge in [0.15, 0.2) is 0 Å². The van der Waals surface area contributed by atoms with Crippen LogP contribution in [0.5, 0.6) is 0 Å². The predicted octanol–water partition coefficient (Wildman–Crippen LogP) is 3.12. The van der Waals surface area contributed by atoms with Crippen LogP contribution in [0.1, 0.15) is 28.8 Å². The van der Waals surface area contributed by atoms with Crippen molar-refractivity contribution in [2.24, 2.45) is 0 Å². The fourth-order valence-electron chi connectivity index (χ4n) is 1.73. The highest BCUT2D eigenvalue weighted by Crippen LogP contribution is 2.24. The van der Waals surface area contributed by atoms with Gasteiger partial charge in [-0.2, -0.15) is 0 Å². The molecule has 1 aliphatic rings. The quantitative estimate of drug-likeness (QED) is 0.796. The Morgan fingerprint density at radius 2 is 2.00 bits per heavy atom. The SMILES string of the molecule is O=C(O)c1ccccc1C1=CCCC=C1. The first-order valence-electron chi connectivity index (χ1n) is 4.98. The van der Waals surface area contributed by atoms with Crippen molar-refractivity contribution in [2.45, 2.75) is 12.8 Å². The lowest BCUT2D eigenvalue weighted by atomic mass is 9.95. The van der Waals surface area contributed by atoms with E-state index in [0.29, 0.717) is 5.56 Å². The Kier molecular flexibility index (Phi) is 2.68. The molecule has 1 aromatic carbocycles. The van der Waals surface area contributed by atoms with Crippen LogP contribution in [-0.2, 0) is 0 Å². The third-order valence-electron chi connectivity index (χ3n) is 2.46. The second kappa shape index (κ2) is 4.13. The molecule has 0 radical (unpaired) electrons. The van der Waals surface area contributed by atoms with E-state index >= 15 is 0 Å². The predicted molar refractivity (Wildman–Crippen MR) is 59.8 cm³/mol. The van der Waals surface area contributed by atoms with Crippen molar-refractivity contribution in [1.29, 1.82) is 0 Å². The summed E-state index contributed by atoms with van der Waals surface area (Å²) in [6.07, 6.45) is 8.18. The van der Waals surface area contributed by atoms with E-state index in [0.717, 1.165) is 24.0 Å². The Balaban J connectivity index is 2.47. The maximum Gasteiger partial charge on any atom is 0.336 e. The highest BCUT2D eigenvalue weighted by molar-refractivity contribution is 5.95. The van der Waals surface area contributed by atoms with Crippen LogP contribution in [-0.4, -0.2) is 11.1 Å². The number of allylic oxidation sites excluding steroid dienone is 4. The Morgan fingerprint density at radius 1 is 1.20 bits per heavy atom. The van der Waals surface area contributed by atoms with Crippen molar-refractivity contribution in [2.75, 3.05) is 0 Å². The molecule has 0 aromatic heterocycles. The third kappa shape index (κ3) is 1.99. The smallest absolute Gasteiger partial charge is 0.336 e. The molecular weight excluding hydrogens is 188 g/mol. The minimum absolute atomic E-state index is 0.371. The highest BCUT2D eigenvalue weighted by atomic mass is 16.4. The lowest BCUT2D eigenvalue weighted by molar-refractivity contribution is 0.0696. The summed E-state index contributed by atoms with van der Waals surface area (Å²) in [6, 6.07) is 7.11. The molecule has 1 aromatic rings. The number of carbonyl (C=O) groups is 1. The number of carboxylic acid groups (broad SMARTS) is 1. The van der Waals surface area contributed by atoms with Crippen molar-refractivity contribution in [3.05, 3.63) is 53.6 Å². The van der Waals surface area contributed by atoms with E-state index in [4.69, 9.17) is 5.11 Å². The zero-order chi connectivity index (χ0) is 10.7. The molecule has 0 spiro atoms. The molecule has 0 unspecified atom stereocenters. The van der Waals surface area contributed by atoms with Crippen LogP contribution in [0.4, 0.5) is 0 Å². The van der Waals surface area contributed by atoms with Crippen LogP contribution < -0.4 is 0 Å². The van der Waals surface area contributed by atoms with Gasteiger partial charge in [0.05, 0.1) is 5.56 Å². The maximum atomic E-state index is 11.0.